The van der Waals surface area contributed by atoms with E-state index in [0.29, 0.717) is 11.4 Å². The van der Waals surface area contributed by atoms with E-state index in [1.165, 1.54) is 0 Å². The maximum absolute atomic E-state index is 12.2. The molecule has 0 amide bonds. The average Bonchev–Trinajstić information content (AvgIpc) is 2.75. The Morgan fingerprint density at radius 1 is 1.37 bits per heavy atom. The van der Waals surface area contributed by atoms with Gasteiger partial charge in [0.2, 0.25) is 10.0 Å². The van der Waals surface area contributed by atoms with Gasteiger partial charge in [-0.05, 0) is 66.1 Å². The molecule has 0 spiro atoms. The van der Waals surface area contributed by atoms with E-state index in [4.69, 9.17) is 5.73 Å². The van der Waals surface area contributed by atoms with Gasteiger partial charge in [-0.15, -0.1) is 12.4 Å². The van der Waals surface area contributed by atoms with E-state index >= 15 is 0 Å². The number of nitrogens with two attached hydrogens (primary N) is 1. The summed E-state index contributed by atoms with van der Waals surface area (Å²) >= 11 is 2.11. The molecule has 108 valence electrons. The van der Waals surface area contributed by atoms with Crippen LogP contribution < -0.4 is 10.5 Å². The molecular weight excluding hydrogens is 399 g/mol. The Hall–Kier alpha value is 0.110. The highest BCUT2D eigenvalue weighted by Gasteiger charge is 2.30. The summed E-state index contributed by atoms with van der Waals surface area (Å²) in [5.41, 5.74) is 5.67. The maximum atomic E-state index is 12.2. The van der Waals surface area contributed by atoms with Crippen molar-refractivity contribution in [2.75, 3.05) is 6.54 Å². The number of sulfonamides is 1. The first-order chi connectivity index (χ1) is 8.53. The van der Waals surface area contributed by atoms with Crippen molar-refractivity contribution >= 4 is 45.0 Å². The number of benzene rings is 1. The summed E-state index contributed by atoms with van der Waals surface area (Å²) < 4.78 is 28.2. The molecule has 0 radical (unpaired) electrons. The third-order valence-corrected chi connectivity index (χ3v) is 5.53. The van der Waals surface area contributed by atoms with Crippen molar-refractivity contribution in [2.24, 2.45) is 11.7 Å². The van der Waals surface area contributed by atoms with Crippen LogP contribution in [0.5, 0.6) is 0 Å². The first kappa shape index (κ1) is 17.2. The zero-order valence-electron chi connectivity index (χ0n) is 10.4. The average molecular weight is 417 g/mol. The number of hydrogen-bond acceptors (Lipinski definition) is 3. The van der Waals surface area contributed by atoms with Gasteiger partial charge in [0.15, 0.2) is 0 Å². The lowest BCUT2D eigenvalue weighted by molar-refractivity contribution is 0.453. The number of nitrogens with one attached hydrogen (secondary N) is 1. The second-order valence-corrected chi connectivity index (χ2v) is 7.57. The lowest BCUT2D eigenvalue weighted by Crippen LogP contribution is -2.39. The normalized spacial score (nSPS) is 23.1. The third kappa shape index (κ3) is 4.29. The van der Waals surface area contributed by atoms with Gasteiger partial charge >= 0.3 is 0 Å². The van der Waals surface area contributed by atoms with Crippen LogP contribution in [-0.4, -0.2) is 21.0 Å². The van der Waals surface area contributed by atoms with Crippen LogP contribution in [0, 0.1) is 9.49 Å². The van der Waals surface area contributed by atoms with Gasteiger partial charge < -0.3 is 5.73 Å². The van der Waals surface area contributed by atoms with Crippen LogP contribution >= 0.6 is 35.0 Å². The highest BCUT2D eigenvalue weighted by Crippen LogP contribution is 2.26. The Labute approximate surface area is 134 Å². The summed E-state index contributed by atoms with van der Waals surface area (Å²) in [6, 6.07) is 6.91. The maximum Gasteiger partial charge on any atom is 0.240 e. The summed E-state index contributed by atoms with van der Waals surface area (Å²) in [7, 11) is -3.42. The highest BCUT2D eigenvalue weighted by atomic mass is 127. The molecule has 2 atom stereocenters. The van der Waals surface area contributed by atoms with E-state index in [-0.39, 0.29) is 24.4 Å². The van der Waals surface area contributed by atoms with Crippen molar-refractivity contribution in [3.8, 4) is 0 Å². The molecule has 19 heavy (non-hydrogen) atoms. The van der Waals surface area contributed by atoms with E-state index in [9.17, 15) is 8.42 Å². The Morgan fingerprint density at radius 3 is 2.74 bits per heavy atom. The fraction of sp³-hybridized carbons (Fsp3) is 0.500. The minimum atomic E-state index is -3.42. The minimum Gasteiger partial charge on any atom is -0.330 e. The molecule has 1 saturated carbocycles. The van der Waals surface area contributed by atoms with Gasteiger partial charge in [-0.2, -0.15) is 0 Å². The zero-order chi connectivity index (χ0) is 13.2. The van der Waals surface area contributed by atoms with E-state index in [1.807, 2.05) is 6.07 Å². The molecule has 1 aromatic carbocycles. The SMILES string of the molecule is Cl.NCC1CCCC1NS(=O)(=O)c1cccc(I)c1. The van der Waals surface area contributed by atoms with Gasteiger partial charge in [-0.25, -0.2) is 13.1 Å². The molecular formula is C12H18ClIN2O2S. The fourth-order valence-electron chi connectivity index (χ4n) is 2.38. The van der Waals surface area contributed by atoms with E-state index in [2.05, 4.69) is 27.3 Å². The first-order valence-corrected chi connectivity index (χ1v) is 8.57. The van der Waals surface area contributed by atoms with Gasteiger partial charge in [0.05, 0.1) is 4.90 Å². The van der Waals surface area contributed by atoms with E-state index < -0.39 is 10.0 Å². The van der Waals surface area contributed by atoms with Crippen LogP contribution in [0.15, 0.2) is 29.2 Å². The summed E-state index contributed by atoms with van der Waals surface area (Å²) in [6.07, 6.45) is 2.93. The topological polar surface area (TPSA) is 72.2 Å². The predicted octanol–water partition coefficient (Wildman–Crippen LogP) is 2.12. The Bertz CT molecular complexity index is 524. The molecule has 0 bridgehead atoms. The highest BCUT2D eigenvalue weighted by molar-refractivity contribution is 14.1. The van der Waals surface area contributed by atoms with E-state index in [1.54, 1.807) is 18.2 Å². The molecule has 4 nitrogen and oxygen atoms in total. The summed E-state index contributed by atoms with van der Waals surface area (Å²) in [5, 5.41) is 0. The van der Waals surface area contributed by atoms with E-state index in [0.717, 1.165) is 22.8 Å². The smallest absolute Gasteiger partial charge is 0.240 e. The molecule has 1 aliphatic rings. The lowest BCUT2D eigenvalue weighted by atomic mass is 10.1. The molecule has 1 fully saturated rings. The fourth-order valence-corrected chi connectivity index (χ4v) is 4.51. The molecule has 2 unspecified atom stereocenters. The van der Waals surface area contributed by atoms with Crippen LogP contribution in [0.3, 0.4) is 0 Å². The van der Waals surface area contributed by atoms with Gasteiger partial charge in [0.25, 0.3) is 0 Å². The van der Waals surface area contributed by atoms with Gasteiger partial charge in [0.1, 0.15) is 0 Å². The van der Waals surface area contributed by atoms with Gasteiger partial charge in [-0.1, -0.05) is 12.5 Å². The Kier molecular flexibility index (Phi) is 6.52. The lowest BCUT2D eigenvalue weighted by Gasteiger charge is -2.19. The van der Waals surface area contributed by atoms with Crippen LogP contribution in [0.25, 0.3) is 0 Å². The van der Waals surface area contributed by atoms with Gasteiger partial charge in [0, 0.05) is 9.61 Å². The van der Waals surface area contributed by atoms with Crippen molar-refractivity contribution in [1.82, 2.24) is 4.72 Å². The molecule has 0 aliphatic heterocycles. The number of hydrogen-bond donors (Lipinski definition) is 2. The molecule has 1 aliphatic carbocycles. The summed E-state index contributed by atoms with van der Waals surface area (Å²) in [4.78, 5) is 0.331. The van der Waals surface area contributed by atoms with Crippen LogP contribution in [0.4, 0.5) is 0 Å². The Morgan fingerprint density at radius 2 is 2.11 bits per heavy atom. The van der Waals surface area contributed by atoms with Crippen molar-refractivity contribution in [1.29, 1.82) is 0 Å². The zero-order valence-corrected chi connectivity index (χ0v) is 14.2. The third-order valence-electron chi connectivity index (χ3n) is 3.37. The van der Waals surface area contributed by atoms with Crippen LogP contribution in [0.1, 0.15) is 19.3 Å². The molecule has 2 rings (SSSR count). The quantitative estimate of drug-likeness (QED) is 0.739. The molecule has 0 aromatic heterocycles. The second kappa shape index (κ2) is 7.21. The van der Waals surface area contributed by atoms with Crippen molar-refractivity contribution < 1.29 is 8.42 Å². The molecule has 7 heteroatoms. The first-order valence-electron chi connectivity index (χ1n) is 6.01. The summed E-state index contributed by atoms with van der Waals surface area (Å²) in [5.74, 6) is 0.266. The largest absolute Gasteiger partial charge is 0.330 e. The molecule has 3 N–H and O–H groups in total. The molecule has 0 saturated heterocycles. The van der Waals surface area contributed by atoms with Gasteiger partial charge in [-0.3, -0.25) is 0 Å². The van der Waals surface area contributed by atoms with Crippen molar-refractivity contribution in [3.63, 3.8) is 0 Å². The minimum absolute atomic E-state index is 0. The number of halogens is 2. The van der Waals surface area contributed by atoms with Crippen molar-refractivity contribution in [2.45, 2.75) is 30.2 Å². The Balaban J connectivity index is 0.00000180. The van der Waals surface area contributed by atoms with Crippen LogP contribution in [-0.2, 0) is 10.0 Å². The second-order valence-electron chi connectivity index (χ2n) is 4.61. The standard InChI is InChI=1S/C12H17IN2O2S.ClH/c13-10-4-2-5-11(7-10)18(16,17)15-12-6-1-3-9(12)8-14;/h2,4-5,7,9,12,15H,1,3,6,8,14H2;1H. The molecule has 1 aromatic rings. The predicted molar refractivity (Wildman–Crippen MR) is 86.9 cm³/mol. The monoisotopic (exact) mass is 416 g/mol. The van der Waals surface area contributed by atoms with Crippen molar-refractivity contribution in [3.05, 3.63) is 27.8 Å². The van der Waals surface area contributed by atoms with Crippen LogP contribution in [0.2, 0.25) is 0 Å². The summed E-state index contributed by atoms with van der Waals surface area (Å²) in [6.45, 7) is 0.541. The molecule has 0 heterocycles. The number of rotatable bonds is 4.